The van der Waals surface area contributed by atoms with Gasteiger partial charge in [0, 0.05) is 11.3 Å². The van der Waals surface area contributed by atoms with Gasteiger partial charge in [-0.3, -0.25) is 4.79 Å². The van der Waals surface area contributed by atoms with E-state index in [0.717, 1.165) is 12.2 Å². The van der Waals surface area contributed by atoms with Gasteiger partial charge in [0.1, 0.15) is 5.02 Å². The second-order valence-corrected chi connectivity index (χ2v) is 7.49. The van der Waals surface area contributed by atoms with Crippen molar-refractivity contribution in [1.29, 1.82) is 0 Å². The van der Waals surface area contributed by atoms with Crippen LogP contribution in [0.4, 0.5) is 5.69 Å². The summed E-state index contributed by atoms with van der Waals surface area (Å²) in [5.74, 6) is 1.10. The van der Waals surface area contributed by atoms with Gasteiger partial charge in [-0.05, 0) is 30.7 Å². The molecule has 0 radical (unpaired) electrons. The number of para-hydroxylation sites is 1. The molecule has 1 aromatic heterocycles. The van der Waals surface area contributed by atoms with E-state index in [1.165, 1.54) is 17.5 Å². The minimum Gasteiger partial charge on any atom is -0.379 e. The highest BCUT2D eigenvalue weighted by molar-refractivity contribution is 7.99. The molecule has 1 heterocycles. The number of anilines is 1. The normalized spacial score (nSPS) is 20.6. The van der Waals surface area contributed by atoms with Crippen molar-refractivity contribution in [2.24, 2.45) is 0 Å². The molecule has 0 aliphatic heterocycles. The quantitative estimate of drug-likeness (QED) is 0.887. The van der Waals surface area contributed by atoms with Gasteiger partial charge in [-0.2, -0.15) is 21.5 Å². The molecule has 1 aromatic carbocycles. The first-order valence-corrected chi connectivity index (χ1v) is 9.34. The van der Waals surface area contributed by atoms with Crippen molar-refractivity contribution >= 4 is 29.1 Å². The van der Waals surface area contributed by atoms with Crippen molar-refractivity contribution < 1.29 is 0 Å². The molecule has 1 saturated carbocycles. The van der Waals surface area contributed by atoms with Gasteiger partial charge in [0.2, 0.25) is 0 Å². The Labute approximate surface area is 145 Å². The maximum Gasteiger partial charge on any atom is 0.292 e. The number of halogens is 1. The zero-order valence-corrected chi connectivity index (χ0v) is 14.6. The summed E-state index contributed by atoms with van der Waals surface area (Å²) in [6.07, 6.45) is 5.18. The van der Waals surface area contributed by atoms with Crippen molar-refractivity contribution in [3.05, 3.63) is 51.9 Å². The molecule has 122 valence electrons. The standard InChI is InChI=1S/C17H20ClN3OS/c1-2-23-15-10-6-9-13(15)20-14-11-19-21(17(22)16(14)18)12-7-4-3-5-8-12/h3-5,7-8,11,13,15,20H,2,6,9-10H2,1H3. The molecular formula is C17H20ClN3OS. The molecule has 23 heavy (non-hydrogen) atoms. The Balaban J connectivity index is 1.85. The van der Waals surface area contributed by atoms with Gasteiger partial charge in [-0.25, -0.2) is 0 Å². The van der Waals surface area contributed by atoms with E-state index in [-0.39, 0.29) is 10.6 Å². The Bertz CT molecular complexity index is 720. The third-order valence-corrected chi connectivity index (χ3v) is 5.78. The summed E-state index contributed by atoms with van der Waals surface area (Å²) in [5, 5.41) is 8.49. The molecule has 1 aliphatic carbocycles. The highest BCUT2D eigenvalue weighted by atomic mass is 35.5. The first-order valence-electron chi connectivity index (χ1n) is 7.92. The number of hydrogen-bond donors (Lipinski definition) is 1. The fourth-order valence-corrected chi connectivity index (χ4v) is 4.37. The minimum atomic E-state index is -0.291. The van der Waals surface area contributed by atoms with Crippen LogP contribution < -0.4 is 10.9 Å². The van der Waals surface area contributed by atoms with Crippen molar-refractivity contribution in [3.8, 4) is 5.69 Å². The van der Waals surface area contributed by atoms with Gasteiger partial charge in [0.25, 0.3) is 5.56 Å². The third-order valence-electron chi connectivity index (χ3n) is 4.09. The molecule has 0 saturated heterocycles. The molecule has 0 amide bonds. The average molecular weight is 350 g/mol. The Kier molecular flexibility index (Phi) is 5.28. The summed E-state index contributed by atoms with van der Waals surface area (Å²) >= 11 is 8.28. The predicted octanol–water partition coefficient (Wildman–Crippen LogP) is 3.97. The third kappa shape index (κ3) is 3.56. The second kappa shape index (κ2) is 7.41. The van der Waals surface area contributed by atoms with Crippen LogP contribution >= 0.6 is 23.4 Å². The van der Waals surface area contributed by atoms with Crippen molar-refractivity contribution in [1.82, 2.24) is 9.78 Å². The van der Waals surface area contributed by atoms with Gasteiger partial charge in [0.05, 0.1) is 17.6 Å². The number of nitrogens with one attached hydrogen (secondary N) is 1. The van der Waals surface area contributed by atoms with E-state index in [2.05, 4.69) is 17.3 Å². The van der Waals surface area contributed by atoms with Gasteiger partial charge in [-0.15, -0.1) is 0 Å². The highest BCUT2D eigenvalue weighted by Gasteiger charge is 2.28. The largest absolute Gasteiger partial charge is 0.379 e. The molecule has 1 fully saturated rings. The fourth-order valence-electron chi connectivity index (χ4n) is 2.99. The van der Waals surface area contributed by atoms with Gasteiger partial charge < -0.3 is 5.32 Å². The molecule has 3 rings (SSSR count). The van der Waals surface area contributed by atoms with E-state index in [4.69, 9.17) is 11.6 Å². The highest BCUT2D eigenvalue weighted by Crippen LogP contribution is 2.32. The predicted molar refractivity (Wildman–Crippen MR) is 98.0 cm³/mol. The van der Waals surface area contributed by atoms with Crippen LogP contribution in [0.3, 0.4) is 0 Å². The molecule has 1 aliphatic rings. The van der Waals surface area contributed by atoms with E-state index in [1.54, 1.807) is 6.20 Å². The van der Waals surface area contributed by atoms with Crippen molar-refractivity contribution in [3.63, 3.8) is 0 Å². The Morgan fingerprint density at radius 2 is 2.13 bits per heavy atom. The lowest BCUT2D eigenvalue weighted by Gasteiger charge is -2.21. The summed E-state index contributed by atoms with van der Waals surface area (Å²) in [7, 11) is 0. The zero-order chi connectivity index (χ0) is 16.2. The number of hydrogen-bond acceptors (Lipinski definition) is 4. The number of benzene rings is 1. The Morgan fingerprint density at radius 1 is 1.35 bits per heavy atom. The minimum absolute atomic E-state index is 0.205. The van der Waals surface area contributed by atoms with Crippen LogP contribution in [0.15, 0.2) is 41.3 Å². The molecule has 0 spiro atoms. The summed E-state index contributed by atoms with van der Waals surface area (Å²) < 4.78 is 1.33. The van der Waals surface area contributed by atoms with Crippen LogP contribution in [-0.2, 0) is 0 Å². The monoisotopic (exact) mass is 349 g/mol. The molecule has 2 atom stereocenters. The number of nitrogens with zero attached hydrogens (tertiary/aromatic N) is 2. The SMILES string of the molecule is CCSC1CCCC1Nc1cnn(-c2ccccc2)c(=O)c1Cl. The number of rotatable bonds is 5. The summed E-state index contributed by atoms with van der Waals surface area (Å²) in [6, 6.07) is 9.66. The van der Waals surface area contributed by atoms with Crippen molar-refractivity contribution in [2.45, 2.75) is 37.5 Å². The Morgan fingerprint density at radius 3 is 2.87 bits per heavy atom. The van der Waals surface area contributed by atoms with E-state index in [0.29, 0.717) is 22.7 Å². The smallest absolute Gasteiger partial charge is 0.292 e. The van der Waals surface area contributed by atoms with Crippen LogP contribution in [0.2, 0.25) is 5.02 Å². The molecule has 6 heteroatoms. The van der Waals surface area contributed by atoms with Crippen LogP contribution in [0.5, 0.6) is 0 Å². The first kappa shape index (κ1) is 16.4. The molecular weight excluding hydrogens is 330 g/mol. The number of aromatic nitrogens is 2. The molecule has 0 bridgehead atoms. The Hall–Kier alpha value is -1.46. The van der Waals surface area contributed by atoms with E-state index < -0.39 is 0 Å². The lowest BCUT2D eigenvalue weighted by Crippen LogP contribution is -2.29. The maximum atomic E-state index is 12.5. The maximum absolute atomic E-state index is 12.5. The summed E-state index contributed by atoms with van der Waals surface area (Å²) in [6.45, 7) is 2.18. The second-order valence-electron chi connectivity index (χ2n) is 5.60. The summed E-state index contributed by atoms with van der Waals surface area (Å²) in [4.78, 5) is 12.5. The van der Waals surface area contributed by atoms with E-state index in [1.807, 2.05) is 42.1 Å². The van der Waals surface area contributed by atoms with Crippen LogP contribution in [0.25, 0.3) is 5.69 Å². The van der Waals surface area contributed by atoms with E-state index >= 15 is 0 Å². The molecule has 2 unspecified atom stereocenters. The lowest BCUT2D eigenvalue weighted by molar-refractivity contribution is 0.756. The average Bonchev–Trinajstić information content (AvgIpc) is 3.00. The molecule has 1 N–H and O–H groups in total. The summed E-state index contributed by atoms with van der Waals surface area (Å²) in [5.41, 5.74) is 1.06. The van der Waals surface area contributed by atoms with Crippen molar-refractivity contribution in [2.75, 3.05) is 11.1 Å². The molecule has 2 aromatic rings. The van der Waals surface area contributed by atoms with Gasteiger partial charge >= 0.3 is 0 Å². The van der Waals surface area contributed by atoms with Crippen LogP contribution in [0.1, 0.15) is 26.2 Å². The zero-order valence-electron chi connectivity index (χ0n) is 13.0. The van der Waals surface area contributed by atoms with Gasteiger partial charge in [-0.1, -0.05) is 43.1 Å². The molecule has 4 nitrogen and oxygen atoms in total. The van der Waals surface area contributed by atoms with Crippen LogP contribution in [-0.4, -0.2) is 26.8 Å². The lowest BCUT2D eigenvalue weighted by atomic mass is 10.2. The first-order chi connectivity index (χ1) is 11.2. The van der Waals surface area contributed by atoms with Gasteiger partial charge in [0.15, 0.2) is 0 Å². The number of thioether (sulfide) groups is 1. The van der Waals surface area contributed by atoms with E-state index in [9.17, 15) is 4.79 Å². The fraction of sp³-hybridized carbons (Fsp3) is 0.412. The van der Waals surface area contributed by atoms with Crippen LogP contribution in [0, 0.1) is 0 Å². The topological polar surface area (TPSA) is 46.9 Å².